The molecule has 2 heterocycles. The first kappa shape index (κ1) is 20.7. The second-order valence-corrected chi connectivity index (χ2v) is 5.86. The molecule has 0 bridgehead atoms. The van der Waals surface area contributed by atoms with E-state index in [4.69, 9.17) is 0 Å². The fourth-order valence-corrected chi connectivity index (χ4v) is 3.24. The Balaban J connectivity index is 0.00000144. The van der Waals surface area contributed by atoms with Crippen molar-refractivity contribution in [2.75, 3.05) is 19.6 Å². The number of piperidine rings is 1. The highest BCUT2D eigenvalue weighted by Gasteiger charge is 2.27. The molecule has 1 amide bonds. The molecular formula is C18H25Cl2N3O. The Labute approximate surface area is 155 Å². The molecule has 1 aliphatic heterocycles. The molecule has 24 heavy (non-hydrogen) atoms. The van der Waals surface area contributed by atoms with Gasteiger partial charge in [0.1, 0.15) is 5.69 Å². The fourth-order valence-electron chi connectivity index (χ4n) is 3.24. The number of nitrogens with one attached hydrogen (secondary N) is 1. The maximum absolute atomic E-state index is 13.1. The highest BCUT2D eigenvalue weighted by molar-refractivity contribution is 6.05. The minimum absolute atomic E-state index is 0. The zero-order valence-corrected chi connectivity index (χ0v) is 15.5. The Kier molecular flexibility index (Phi) is 8.46. The van der Waals surface area contributed by atoms with Crippen LogP contribution in [0.3, 0.4) is 0 Å². The Morgan fingerprint density at radius 2 is 1.92 bits per heavy atom. The predicted molar refractivity (Wildman–Crippen MR) is 103 cm³/mol. The molecule has 1 fully saturated rings. The van der Waals surface area contributed by atoms with Crippen LogP contribution in [0.2, 0.25) is 0 Å². The van der Waals surface area contributed by atoms with E-state index in [2.05, 4.69) is 17.2 Å². The molecule has 0 radical (unpaired) electrons. The Morgan fingerprint density at radius 3 is 2.62 bits per heavy atom. The Hall–Kier alpha value is -1.36. The lowest BCUT2D eigenvalue weighted by Crippen LogP contribution is -2.46. The summed E-state index contributed by atoms with van der Waals surface area (Å²) >= 11 is 0. The number of carbonyl (C=O) groups is 1. The van der Waals surface area contributed by atoms with Crippen molar-refractivity contribution in [2.24, 2.45) is 0 Å². The van der Waals surface area contributed by atoms with Crippen molar-refractivity contribution < 1.29 is 4.79 Å². The van der Waals surface area contributed by atoms with Gasteiger partial charge in [0.25, 0.3) is 5.91 Å². The number of fused-ring (bicyclic) bond motifs is 1. The van der Waals surface area contributed by atoms with Crippen molar-refractivity contribution in [3.8, 4) is 0 Å². The number of carbonyl (C=O) groups excluding carboxylic acids is 1. The number of nitrogens with zero attached hydrogens (tertiary/aromatic N) is 2. The zero-order chi connectivity index (χ0) is 15.4. The number of benzene rings is 1. The molecule has 1 aliphatic rings. The van der Waals surface area contributed by atoms with Crippen LogP contribution < -0.4 is 5.32 Å². The Morgan fingerprint density at radius 1 is 1.21 bits per heavy atom. The van der Waals surface area contributed by atoms with Gasteiger partial charge in [-0.05, 0) is 43.8 Å². The quantitative estimate of drug-likeness (QED) is 0.893. The smallest absolute Gasteiger partial charge is 0.273 e. The summed E-state index contributed by atoms with van der Waals surface area (Å²) in [5.74, 6) is 0.0746. The van der Waals surface area contributed by atoms with E-state index >= 15 is 0 Å². The molecule has 6 heteroatoms. The average Bonchev–Trinajstić information content (AvgIpc) is 2.59. The van der Waals surface area contributed by atoms with Crippen LogP contribution in [0.1, 0.15) is 36.7 Å². The largest absolute Gasteiger partial charge is 0.334 e. The van der Waals surface area contributed by atoms with Gasteiger partial charge in [-0.15, -0.1) is 24.8 Å². The van der Waals surface area contributed by atoms with E-state index in [0.717, 1.165) is 49.7 Å². The zero-order valence-electron chi connectivity index (χ0n) is 13.9. The lowest BCUT2D eigenvalue weighted by molar-refractivity contribution is 0.0639. The Bertz CT molecular complexity index is 654. The first-order valence-electron chi connectivity index (χ1n) is 8.16. The predicted octanol–water partition coefficient (Wildman–Crippen LogP) is 3.68. The molecule has 0 atom stereocenters. The van der Waals surface area contributed by atoms with Crippen molar-refractivity contribution in [2.45, 2.75) is 32.2 Å². The van der Waals surface area contributed by atoms with Crippen LogP contribution in [0, 0.1) is 0 Å². The van der Waals surface area contributed by atoms with Gasteiger partial charge in [-0.1, -0.05) is 31.2 Å². The third-order valence-electron chi connectivity index (χ3n) is 4.35. The first-order valence-corrected chi connectivity index (χ1v) is 8.16. The summed E-state index contributed by atoms with van der Waals surface area (Å²) < 4.78 is 0. The molecule has 0 spiro atoms. The SMILES string of the molecule is CCCN(C(=O)c1nccc2ccccc12)C1CCNCC1.Cl.Cl. The van der Waals surface area contributed by atoms with Crippen LogP contribution in [-0.4, -0.2) is 41.5 Å². The van der Waals surface area contributed by atoms with Gasteiger partial charge in [0.15, 0.2) is 0 Å². The molecule has 1 saturated heterocycles. The van der Waals surface area contributed by atoms with Crippen LogP contribution >= 0.6 is 24.8 Å². The number of halogens is 2. The van der Waals surface area contributed by atoms with Crippen molar-refractivity contribution in [3.05, 3.63) is 42.2 Å². The van der Waals surface area contributed by atoms with Gasteiger partial charge in [0, 0.05) is 24.2 Å². The number of pyridine rings is 1. The van der Waals surface area contributed by atoms with Crippen LogP contribution in [-0.2, 0) is 0 Å². The van der Waals surface area contributed by atoms with E-state index in [9.17, 15) is 4.79 Å². The molecule has 1 aromatic heterocycles. The minimum atomic E-state index is 0. The molecule has 1 aromatic carbocycles. The third-order valence-corrected chi connectivity index (χ3v) is 4.35. The fraction of sp³-hybridized carbons (Fsp3) is 0.444. The van der Waals surface area contributed by atoms with E-state index < -0.39 is 0 Å². The number of aromatic nitrogens is 1. The molecule has 1 N–H and O–H groups in total. The number of rotatable bonds is 4. The van der Waals surface area contributed by atoms with Gasteiger partial charge in [0.2, 0.25) is 0 Å². The van der Waals surface area contributed by atoms with E-state index in [0.29, 0.717) is 11.7 Å². The van der Waals surface area contributed by atoms with Crippen LogP contribution in [0.25, 0.3) is 10.8 Å². The van der Waals surface area contributed by atoms with Gasteiger partial charge >= 0.3 is 0 Å². The summed E-state index contributed by atoms with van der Waals surface area (Å²) in [7, 11) is 0. The van der Waals surface area contributed by atoms with E-state index in [1.54, 1.807) is 6.20 Å². The molecule has 0 unspecified atom stereocenters. The van der Waals surface area contributed by atoms with Crippen LogP contribution in [0.5, 0.6) is 0 Å². The normalized spacial score (nSPS) is 14.5. The lowest BCUT2D eigenvalue weighted by atomic mass is 10.0. The summed E-state index contributed by atoms with van der Waals surface area (Å²) in [6.45, 7) is 4.90. The van der Waals surface area contributed by atoms with Gasteiger partial charge in [-0.3, -0.25) is 9.78 Å². The van der Waals surface area contributed by atoms with Gasteiger partial charge in [0.05, 0.1) is 0 Å². The van der Waals surface area contributed by atoms with Gasteiger partial charge in [-0.2, -0.15) is 0 Å². The van der Waals surface area contributed by atoms with Crippen molar-refractivity contribution in [1.82, 2.24) is 15.2 Å². The highest BCUT2D eigenvalue weighted by atomic mass is 35.5. The molecule has 2 aromatic rings. The maximum atomic E-state index is 13.1. The topological polar surface area (TPSA) is 45.2 Å². The lowest BCUT2D eigenvalue weighted by Gasteiger charge is -2.34. The summed E-state index contributed by atoms with van der Waals surface area (Å²) in [6.07, 6.45) is 4.76. The number of hydrogen-bond donors (Lipinski definition) is 1. The molecular weight excluding hydrogens is 345 g/mol. The van der Waals surface area contributed by atoms with Gasteiger partial charge in [-0.25, -0.2) is 0 Å². The maximum Gasteiger partial charge on any atom is 0.273 e. The van der Waals surface area contributed by atoms with E-state index in [1.807, 2.05) is 35.2 Å². The third kappa shape index (κ3) is 4.38. The standard InChI is InChI=1S/C18H23N3O.2ClH/c1-2-13-21(15-8-10-19-11-9-15)18(22)17-16-6-4-3-5-14(16)7-12-20-17;;/h3-7,12,15,19H,2,8-11,13H2,1H3;2*1H. The van der Waals surface area contributed by atoms with Crippen molar-refractivity contribution in [3.63, 3.8) is 0 Å². The molecule has 4 nitrogen and oxygen atoms in total. The summed E-state index contributed by atoms with van der Waals surface area (Å²) in [4.78, 5) is 19.5. The second-order valence-electron chi connectivity index (χ2n) is 5.86. The second kappa shape index (κ2) is 9.82. The summed E-state index contributed by atoms with van der Waals surface area (Å²) in [5, 5.41) is 5.39. The highest BCUT2D eigenvalue weighted by Crippen LogP contribution is 2.21. The van der Waals surface area contributed by atoms with Crippen molar-refractivity contribution in [1.29, 1.82) is 0 Å². The number of hydrogen-bond acceptors (Lipinski definition) is 3. The van der Waals surface area contributed by atoms with E-state index in [1.165, 1.54) is 0 Å². The first-order chi connectivity index (χ1) is 10.8. The summed E-state index contributed by atoms with van der Waals surface area (Å²) in [6, 6.07) is 10.3. The van der Waals surface area contributed by atoms with Crippen molar-refractivity contribution >= 4 is 41.5 Å². The molecule has 0 saturated carbocycles. The van der Waals surface area contributed by atoms with E-state index in [-0.39, 0.29) is 30.7 Å². The average molecular weight is 370 g/mol. The summed E-state index contributed by atoms with van der Waals surface area (Å²) in [5.41, 5.74) is 0.588. The van der Waals surface area contributed by atoms with Gasteiger partial charge < -0.3 is 10.2 Å². The number of amides is 1. The monoisotopic (exact) mass is 369 g/mol. The van der Waals surface area contributed by atoms with Crippen LogP contribution in [0.4, 0.5) is 0 Å². The molecule has 0 aliphatic carbocycles. The van der Waals surface area contributed by atoms with Crippen LogP contribution in [0.15, 0.2) is 36.5 Å². The molecule has 132 valence electrons. The minimum Gasteiger partial charge on any atom is -0.334 e. The molecule has 3 rings (SSSR count).